The molecule has 0 amide bonds. The maximum Gasteiger partial charge on any atom is 0.401 e. The number of aliphatic hydroxyl groups excluding tert-OH is 1. The summed E-state index contributed by atoms with van der Waals surface area (Å²) in [5.74, 6) is 0. The van der Waals surface area contributed by atoms with E-state index >= 15 is 0 Å². The van der Waals surface area contributed by atoms with Crippen molar-refractivity contribution in [2.45, 2.75) is 31.9 Å². The first-order valence-corrected chi connectivity index (χ1v) is 6.45. The minimum atomic E-state index is -4.20. The molecule has 0 bridgehead atoms. The monoisotopic (exact) mass is 268 g/mol. The van der Waals surface area contributed by atoms with E-state index in [2.05, 4.69) is 5.32 Å². The van der Waals surface area contributed by atoms with E-state index in [9.17, 15) is 13.2 Å². The maximum absolute atomic E-state index is 12.5. The Morgan fingerprint density at radius 2 is 1.89 bits per heavy atom. The van der Waals surface area contributed by atoms with Gasteiger partial charge in [0.1, 0.15) is 0 Å². The van der Waals surface area contributed by atoms with Gasteiger partial charge >= 0.3 is 6.18 Å². The fourth-order valence-electron chi connectivity index (χ4n) is 2.97. The van der Waals surface area contributed by atoms with Gasteiger partial charge in [0.15, 0.2) is 0 Å². The molecular weight excluding hydrogens is 245 g/mol. The van der Waals surface area contributed by atoms with Crippen molar-refractivity contribution >= 4 is 0 Å². The summed E-state index contributed by atoms with van der Waals surface area (Å²) in [5.41, 5.74) is -0.0603. The molecule has 0 atom stereocenters. The van der Waals surface area contributed by atoms with Gasteiger partial charge in [-0.15, -0.1) is 0 Å². The number of alkyl halides is 3. The van der Waals surface area contributed by atoms with Gasteiger partial charge in [-0.05, 0) is 25.3 Å². The molecule has 1 aliphatic rings. The third-order valence-corrected chi connectivity index (χ3v) is 3.59. The van der Waals surface area contributed by atoms with Crippen LogP contribution in [0.5, 0.6) is 0 Å². The Morgan fingerprint density at radius 1 is 1.28 bits per heavy atom. The standard InChI is InChI=1S/C12H23F3N2O/c1-16-8-11(4-2-3-5-11)9-17(6-7-18)10-12(13,14)15/h16,18H,2-10H2,1H3. The highest BCUT2D eigenvalue weighted by Crippen LogP contribution is 2.38. The molecule has 1 fully saturated rings. The quantitative estimate of drug-likeness (QED) is 0.736. The molecule has 6 heteroatoms. The Balaban J connectivity index is 2.62. The SMILES string of the molecule is CNCC1(CN(CCO)CC(F)(F)F)CCCC1. The molecule has 0 aromatic rings. The summed E-state index contributed by atoms with van der Waals surface area (Å²) in [6, 6.07) is 0. The number of hydrogen-bond donors (Lipinski definition) is 2. The minimum Gasteiger partial charge on any atom is -0.395 e. The molecule has 0 heterocycles. The summed E-state index contributed by atoms with van der Waals surface area (Å²) in [6.07, 6.45) is -0.100. The van der Waals surface area contributed by atoms with E-state index in [1.165, 1.54) is 4.90 Å². The molecule has 108 valence electrons. The lowest BCUT2D eigenvalue weighted by molar-refractivity contribution is -0.150. The molecule has 1 rings (SSSR count). The number of nitrogens with zero attached hydrogens (tertiary/aromatic N) is 1. The molecule has 18 heavy (non-hydrogen) atoms. The van der Waals surface area contributed by atoms with Gasteiger partial charge in [0.25, 0.3) is 0 Å². The second kappa shape index (κ2) is 6.73. The number of hydrogen-bond acceptors (Lipinski definition) is 3. The molecular formula is C12H23F3N2O. The van der Waals surface area contributed by atoms with Crippen LogP contribution in [0, 0.1) is 5.41 Å². The van der Waals surface area contributed by atoms with Crippen molar-refractivity contribution in [1.82, 2.24) is 10.2 Å². The highest BCUT2D eigenvalue weighted by Gasteiger charge is 2.38. The molecule has 0 radical (unpaired) electrons. The van der Waals surface area contributed by atoms with Crippen molar-refractivity contribution in [3.63, 3.8) is 0 Å². The van der Waals surface area contributed by atoms with Gasteiger partial charge in [-0.2, -0.15) is 13.2 Å². The Morgan fingerprint density at radius 3 is 2.33 bits per heavy atom. The zero-order valence-electron chi connectivity index (χ0n) is 10.9. The van der Waals surface area contributed by atoms with Crippen LogP contribution in [0.4, 0.5) is 13.2 Å². The second-order valence-corrected chi connectivity index (χ2v) is 5.29. The third kappa shape index (κ3) is 5.12. The van der Waals surface area contributed by atoms with Gasteiger partial charge in [0.05, 0.1) is 13.2 Å². The van der Waals surface area contributed by atoms with E-state index in [1.807, 2.05) is 7.05 Å². The maximum atomic E-state index is 12.5. The minimum absolute atomic E-state index is 0.0603. The van der Waals surface area contributed by atoms with Crippen LogP contribution in [0.15, 0.2) is 0 Å². The van der Waals surface area contributed by atoms with Crippen LogP contribution >= 0.6 is 0 Å². The Kier molecular flexibility index (Phi) is 5.88. The zero-order valence-corrected chi connectivity index (χ0v) is 10.9. The molecule has 0 aliphatic heterocycles. The van der Waals surface area contributed by atoms with E-state index in [1.54, 1.807) is 0 Å². The van der Waals surface area contributed by atoms with Gasteiger partial charge < -0.3 is 10.4 Å². The molecule has 2 N–H and O–H groups in total. The van der Waals surface area contributed by atoms with Crippen LogP contribution in [0.2, 0.25) is 0 Å². The number of halogens is 3. The molecule has 0 aromatic carbocycles. The third-order valence-electron chi connectivity index (χ3n) is 3.59. The summed E-state index contributed by atoms with van der Waals surface area (Å²) in [5, 5.41) is 12.0. The Hall–Kier alpha value is -0.330. The average Bonchev–Trinajstić information content (AvgIpc) is 2.64. The summed E-state index contributed by atoms with van der Waals surface area (Å²) < 4.78 is 37.4. The number of aliphatic hydroxyl groups is 1. The van der Waals surface area contributed by atoms with Crippen LogP contribution in [-0.2, 0) is 0 Å². The first-order valence-electron chi connectivity index (χ1n) is 6.45. The van der Waals surface area contributed by atoms with Crippen LogP contribution in [0.3, 0.4) is 0 Å². The van der Waals surface area contributed by atoms with Crippen LogP contribution < -0.4 is 5.32 Å². The van der Waals surface area contributed by atoms with Gasteiger partial charge in [0.2, 0.25) is 0 Å². The van der Waals surface area contributed by atoms with Crippen LogP contribution in [0.25, 0.3) is 0 Å². The average molecular weight is 268 g/mol. The number of rotatable bonds is 7. The van der Waals surface area contributed by atoms with Crippen LogP contribution in [0.1, 0.15) is 25.7 Å². The Labute approximate surface area is 106 Å². The van der Waals surface area contributed by atoms with Crippen molar-refractivity contribution in [3.8, 4) is 0 Å². The van der Waals surface area contributed by atoms with Crippen molar-refractivity contribution in [1.29, 1.82) is 0 Å². The van der Waals surface area contributed by atoms with E-state index in [0.29, 0.717) is 6.54 Å². The van der Waals surface area contributed by atoms with E-state index in [-0.39, 0.29) is 18.6 Å². The summed E-state index contributed by atoms with van der Waals surface area (Å²) in [6.45, 7) is 0.0798. The van der Waals surface area contributed by atoms with Gasteiger partial charge in [-0.25, -0.2) is 0 Å². The van der Waals surface area contributed by atoms with E-state index < -0.39 is 12.7 Å². The zero-order chi connectivity index (χ0) is 13.6. The normalized spacial score (nSPS) is 19.7. The summed E-state index contributed by atoms with van der Waals surface area (Å²) in [4.78, 5) is 1.34. The number of nitrogens with one attached hydrogen (secondary N) is 1. The molecule has 0 aromatic heterocycles. The molecule has 0 unspecified atom stereocenters. The summed E-state index contributed by atoms with van der Waals surface area (Å²) >= 11 is 0. The topological polar surface area (TPSA) is 35.5 Å². The van der Waals surface area contributed by atoms with Crippen molar-refractivity contribution in [2.75, 3.05) is 39.8 Å². The van der Waals surface area contributed by atoms with Gasteiger partial charge in [-0.1, -0.05) is 12.8 Å². The predicted octanol–water partition coefficient (Wildman–Crippen LogP) is 1.62. The second-order valence-electron chi connectivity index (χ2n) is 5.29. The van der Waals surface area contributed by atoms with E-state index in [0.717, 1.165) is 32.2 Å². The lowest BCUT2D eigenvalue weighted by atomic mass is 9.85. The highest BCUT2D eigenvalue weighted by molar-refractivity contribution is 4.89. The van der Waals surface area contributed by atoms with Gasteiger partial charge in [-0.3, -0.25) is 4.90 Å². The molecule has 0 saturated heterocycles. The van der Waals surface area contributed by atoms with Crippen LogP contribution in [-0.4, -0.2) is 56.0 Å². The lowest BCUT2D eigenvalue weighted by Crippen LogP contribution is -2.46. The molecule has 1 saturated carbocycles. The predicted molar refractivity (Wildman–Crippen MR) is 64.4 cm³/mol. The molecule has 0 spiro atoms. The summed E-state index contributed by atoms with van der Waals surface area (Å²) in [7, 11) is 1.83. The fourth-order valence-corrected chi connectivity index (χ4v) is 2.97. The lowest BCUT2D eigenvalue weighted by Gasteiger charge is -2.35. The van der Waals surface area contributed by atoms with Gasteiger partial charge in [0, 0.05) is 19.6 Å². The first-order chi connectivity index (χ1) is 8.41. The smallest absolute Gasteiger partial charge is 0.395 e. The fraction of sp³-hybridized carbons (Fsp3) is 1.00. The molecule has 1 aliphatic carbocycles. The molecule has 3 nitrogen and oxygen atoms in total. The first kappa shape index (κ1) is 15.7. The van der Waals surface area contributed by atoms with Crippen molar-refractivity contribution in [3.05, 3.63) is 0 Å². The highest BCUT2D eigenvalue weighted by atomic mass is 19.4. The van der Waals surface area contributed by atoms with Crippen molar-refractivity contribution in [2.24, 2.45) is 5.41 Å². The van der Waals surface area contributed by atoms with E-state index in [4.69, 9.17) is 5.11 Å². The Bertz CT molecular complexity index is 240. The largest absolute Gasteiger partial charge is 0.401 e. The van der Waals surface area contributed by atoms with Crippen molar-refractivity contribution < 1.29 is 18.3 Å².